The number of halogens is 1. The van der Waals surface area contributed by atoms with E-state index in [0.717, 1.165) is 19.3 Å². The van der Waals surface area contributed by atoms with Gasteiger partial charge in [0.2, 0.25) is 15.9 Å². The highest BCUT2D eigenvalue weighted by molar-refractivity contribution is 7.89. The van der Waals surface area contributed by atoms with E-state index in [4.69, 9.17) is 4.74 Å². The first-order valence-corrected chi connectivity index (χ1v) is 10.6. The molecule has 0 saturated carbocycles. The Balaban J connectivity index is 0.00000261. The van der Waals surface area contributed by atoms with E-state index in [1.807, 2.05) is 0 Å². The van der Waals surface area contributed by atoms with E-state index >= 15 is 0 Å². The van der Waals surface area contributed by atoms with Crippen LogP contribution >= 0.6 is 12.4 Å². The molecule has 2 fully saturated rings. The van der Waals surface area contributed by atoms with Crippen LogP contribution in [0.1, 0.15) is 38.2 Å². The summed E-state index contributed by atoms with van der Waals surface area (Å²) in [6.07, 6.45) is 3.37. The van der Waals surface area contributed by atoms with E-state index in [2.05, 4.69) is 10.6 Å². The Morgan fingerprint density at radius 3 is 2.74 bits per heavy atom. The molecule has 2 saturated heterocycles. The maximum absolute atomic E-state index is 13.1. The fraction of sp³-hybridized carbons (Fsp3) is 0.611. The molecule has 1 aromatic rings. The summed E-state index contributed by atoms with van der Waals surface area (Å²) in [5.41, 5.74) is 0.657. The zero-order valence-corrected chi connectivity index (χ0v) is 17.4. The van der Waals surface area contributed by atoms with Gasteiger partial charge in [-0.1, -0.05) is 6.92 Å². The molecule has 3 rings (SSSR count). The van der Waals surface area contributed by atoms with Crippen molar-refractivity contribution >= 4 is 28.3 Å². The topological polar surface area (TPSA) is 87.7 Å². The molecule has 2 unspecified atom stereocenters. The standard InChI is InChI=1S/C18H27N3O4S.ClH/c1-3-18(22)19-11-13-10-16(6-7-17(13)25-2)26(23,24)21-9-8-14-4-5-15(12-21)20-14;/h6-7,10,14-15,20H,3-5,8-9,11-12H2,1-2H3,(H,19,22);1H. The van der Waals surface area contributed by atoms with Crippen molar-refractivity contribution in [2.24, 2.45) is 0 Å². The summed E-state index contributed by atoms with van der Waals surface area (Å²) in [5, 5.41) is 6.28. The fourth-order valence-electron chi connectivity index (χ4n) is 3.65. The van der Waals surface area contributed by atoms with Crippen molar-refractivity contribution in [1.29, 1.82) is 0 Å². The molecular formula is C18H28ClN3O4S. The summed E-state index contributed by atoms with van der Waals surface area (Å²) in [7, 11) is -2.04. The molecule has 0 aromatic heterocycles. The number of carbonyl (C=O) groups excluding carboxylic acids is 1. The van der Waals surface area contributed by atoms with E-state index in [-0.39, 0.29) is 35.8 Å². The highest BCUT2D eigenvalue weighted by Crippen LogP contribution is 2.28. The highest BCUT2D eigenvalue weighted by atomic mass is 35.5. The summed E-state index contributed by atoms with van der Waals surface area (Å²) >= 11 is 0. The average molecular weight is 418 g/mol. The molecule has 9 heteroatoms. The lowest BCUT2D eigenvalue weighted by Gasteiger charge is -2.24. The van der Waals surface area contributed by atoms with Gasteiger partial charge in [0.15, 0.2) is 0 Å². The number of nitrogens with zero attached hydrogens (tertiary/aromatic N) is 1. The Labute approximate surface area is 167 Å². The van der Waals surface area contributed by atoms with Crippen LogP contribution in [0, 0.1) is 0 Å². The summed E-state index contributed by atoms with van der Waals surface area (Å²) in [4.78, 5) is 11.8. The van der Waals surface area contributed by atoms with Crippen molar-refractivity contribution in [3.8, 4) is 5.75 Å². The molecule has 2 aliphatic heterocycles. The van der Waals surface area contributed by atoms with Gasteiger partial charge >= 0.3 is 0 Å². The Kier molecular flexibility index (Phi) is 7.50. The number of sulfonamides is 1. The molecule has 1 aromatic carbocycles. The number of nitrogens with one attached hydrogen (secondary N) is 2. The SMILES string of the molecule is CCC(=O)NCc1cc(S(=O)(=O)N2CCC3CCC(C2)N3)ccc1OC.Cl. The van der Waals surface area contributed by atoms with Gasteiger partial charge in [0, 0.05) is 43.7 Å². The Bertz CT molecular complexity index is 772. The first-order chi connectivity index (χ1) is 12.4. The summed E-state index contributed by atoms with van der Waals surface area (Å²) in [5.74, 6) is 0.479. The lowest BCUT2D eigenvalue weighted by atomic mass is 10.1. The molecular weight excluding hydrogens is 390 g/mol. The second-order valence-electron chi connectivity index (χ2n) is 6.89. The number of hydrogen-bond acceptors (Lipinski definition) is 5. The molecule has 0 spiro atoms. The fourth-order valence-corrected chi connectivity index (χ4v) is 5.20. The van der Waals surface area contributed by atoms with Gasteiger partial charge in [0.1, 0.15) is 5.75 Å². The third-order valence-corrected chi connectivity index (χ3v) is 7.03. The van der Waals surface area contributed by atoms with Crippen LogP contribution in [-0.4, -0.2) is 50.9 Å². The lowest BCUT2D eigenvalue weighted by Crippen LogP contribution is -2.39. The second-order valence-corrected chi connectivity index (χ2v) is 8.83. The van der Waals surface area contributed by atoms with Crippen molar-refractivity contribution < 1.29 is 17.9 Å². The molecule has 27 heavy (non-hydrogen) atoms. The zero-order chi connectivity index (χ0) is 18.7. The molecule has 152 valence electrons. The van der Waals surface area contributed by atoms with Crippen LogP contribution in [0.15, 0.2) is 23.1 Å². The maximum Gasteiger partial charge on any atom is 0.243 e. The van der Waals surface area contributed by atoms with Crippen LogP contribution in [0.2, 0.25) is 0 Å². The highest BCUT2D eigenvalue weighted by Gasteiger charge is 2.35. The molecule has 2 bridgehead atoms. The molecule has 2 N–H and O–H groups in total. The van der Waals surface area contributed by atoms with Crippen LogP contribution in [-0.2, 0) is 21.4 Å². The Morgan fingerprint density at radius 1 is 1.30 bits per heavy atom. The maximum atomic E-state index is 13.1. The van der Waals surface area contributed by atoms with Crippen molar-refractivity contribution in [2.75, 3.05) is 20.2 Å². The van der Waals surface area contributed by atoms with Gasteiger partial charge in [-0.25, -0.2) is 8.42 Å². The first-order valence-electron chi connectivity index (χ1n) is 9.14. The molecule has 2 atom stereocenters. The minimum Gasteiger partial charge on any atom is -0.496 e. The zero-order valence-electron chi connectivity index (χ0n) is 15.7. The van der Waals surface area contributed by atoms with Gasteiger partial charge in [0.05, 0.1) is 12.0 Å². The molecule has 2 heterocycles. The molecule has 1 amide bonds. The molecule has 0 aliphatic carbocycles. The van der Waals surface area contributed by atoms with Gasteiger partial charge < -0.3 is 15.4 Å². The normalized spacial score (nSPS) is 22.6. The van der Waals surface area contributed by atoms with E-state index in [1.54, 1.807) is 29.4 Å². The van der Waals surface area contributed by atoms with Crippen LogP contribution in [0.5, 0.6) is 5.75 Å². The van der Waals surface area contributed by atoms with E-state index in [9.17, 15) is 13.2 Å². The third kappa shape index (κ3) is 4.93. The number of ether oxygens (including phenoxy) is 1. The molecule has 0 radical (unpaired) electrons. The molecule has 2 aliphatic rings. The number of methoxy groups -OCH3 is 1. The van der Waals surface area contributed by atoms with E-state index in [1.165, 1.54) is 7.11 Å². The van der Waals surface area contributed by atoms with Crippen molar-refractivity contribution in [3.63, 3.8) is 0 Å². The number of rotatable bonds is 6. The minimum absolute atomic E-state index is 0. The van der Waals surface area contributed by atoms with Gasteiger partial charge in [0.25, 0.3) is 0 Å². The second kappa shape index (κ2) is 9.23. The van der Waals surface area contributed by atoms with E-state index in [0.29, 0.717) is 36.9 Å². The van der Waals surface area contributed by atoms with Crippen LogP contribution in [0.4, 0.5) is 0 Å². The van der Waals surface area contributed by atoms with Gasteiger partial charge in [-0.3, -0.25) is 4.79 Å². The van der Waals surface area contributed by atoms with Gasteiger partial charge in [-0.05, 0) is 37.5 Å². The third-order valence-electron chi connectivity index (χ3n) is 5.17. The number of fused-ring (bicyclic) bond motifs is 2. The largest absolute Gasteiger partial charge is 0.496 e. The molecule has 7 nitrogen and oxygen atoms in total. The number of amides is 1. The van der Waals surface area contributed by atoms with Crippen molar-refractivity contribution in [1.82, 2.24) is 14.9 Å². The quantitative estimate of drug-likeness (QED) is 0.734. The van der Waals surface area contributed by atoms with Crippen LogP contribution in [0.25, 0.3) is 0 Å². The predicted molar refractivity (Wildman–Crippen MR) is 106 cm³/mol. The first kappa shape index (κ1) is 21.9. The summed E-state index contributed by atoms with van der Waals surface area (Å²) in [6, 6.07) is 5.51. The Morgan fingerprint density at radius 2 is 2.04 bits per heavy atom. The smallest absolute Gasteiger partial charge is 0.243 e. The minimum atomic E-state index is -3.57. The van der Waals surface area contributed by atoms with Crippen LogP contribution in [0.3, 0.4) is 0 Å². The monoisotopic (exact) mass is 417 g/mol. The summed E-state index contributed by atoms with van der Waals surface area (Å²) < 4.78 is 33.2. The van der Waals surface area contributed by atoms with Crippen molar-refractivity contribution in [3.05, 3.63) is 23.8 Å². The number of hydrogen-bond donors (Lipinski definition) is 2. The van der Waals surface area contributed by atoms with Crippen LogP contribution < -0.4 is 15.4 Å². The van der Waals surface area contributed by atoms with Gasteiger partial charge in [-0.2, -0.15) is 4.31 Å². The predicted octanol–water partition coefficient (Wildman–Crippen LogP) is 1.66. The number of carbonyl (C=O) groups is 1. The Hall–Kier alpha value is -1.35. The average Bonchev–Trinajstić information content (AvgIpc) is 2.97. The van der Waals surface area contributed by atoms with Gasteiger partial charge in [-0.15, -0.1) is 12.4 Å². The van der Waals surface area contributed by atoms with Crippen molar-refractivity contribution in [2.45, 2.75) is 56.1 Å². The summed E-state index contributed by atoms with van der Waals surface area (Å²) in [6.45, 7) is 3.05. The number of benzene rings is 1. The lowest BCUT2D eigenvalue weighted by molar-refractivity contribution is -0.120. The van der Waals surface area contributed by atoms with E-state index < -0.39 is 10.0 Å².